The summed E-state index contributed by atoms with van der Waals surface area (Å²) in [6, 6.07) is 20.2. The molecule has 0 saturated heterocycles. The number of anilines is 1. The summed E-state index contributed by atoms with van der Waals surface area (Å²) in [5, 5.41) is 3.99. The molecule has 0 aliphatic carbocycles. The van der Waals surface area contributed by atoms with Crippen molar-refractivity contribution in [3.8, 4) is 0 Å². The number of hydrogen-bond acceptors (Lipinski definition) is 4. The summed E-state index contributed by atoms with van der Waals surface area (Å²) in [7, 11) is -3.64. The van der Waals surface area contributed by atoms with Gasteiger partial charge in [0.15, 0.2) is 0 Å². The Labute approximate surface area is 251 Å². The van der Waals surface area contributed by atoms with Gasteiger partial charge in [0.2, 0.25) is 21.8 Å². The van der Waals surface area contributed by atoms with Crippen LogP contribution in [0.1, 0.15) is 30.9 Å². The molecule has 0 bridgehead atoms. The van der Waals surface area contributed by atoms with E-state index in [1.54, 1.807) is 42.5 Å². The zero-order valence-electron chi connectivity index (χ0n) is 22.3. The molecular weight excluding hydrogens is 593 g/mol. The number of amides is 2. The van der Waals surface area contributed by atoms with Gasteiger partial charge in [-0.2, -0.15) is 0 Å². The quantitative estimate of drug-likeness (QED) is 0.254. The SMILES string of the molecule is CCNC(=O)[C@@H](Cc1ccccc1)N(Cc1c(Cl)cccc1Cl)C(=O)CCCN(c1cccc(Cl)c1)S(C)(=O)=O. The Morgan fingerprint density at radius 2 is 1.57 bits per heavy atom. The van der Waals surface area contributed by atoms with Gasteiger partial charge in [-0.3, -0.25) is 13.9 Å². The molecule has 0 aliphatic rings. The molecule has 1 atom stereocenters. The van der Waals surface area contributed by atoms with Gasteiger partial charge in [0.1, 0.15) is 6.04 Å². The van der Waals surface area contributed by atoms with Crippen LogP contribution in [-0.2, 0) is 32.6 Å². The van der Waals surface area contributed by atoms with Crippen LogP contribution in [0, 0.1) is 0 Å². The smallest absolute Gasteiger partial charge is 0.243 e. The average molecular weight is 625 g/mol. The first kappa shape index (κ1) is 31.7. The number of carbonyl (C=O) groups excluding carboxylic acids is 2. The van der Waals surface area contributed by atoms with Gasteiger partial charge in [0.05, 0.1) is 11.9 Å². The van der Waals surface area contributed by atoms with E-state index in [9.17, 15) is 18.0 Å². The van der Waals surface area contributed by atoms with E-state index in [-0.39, 0.29) is 44.2 Å². The number of hydrogen-bond donors (Lipinski definition) is 1. The van der Waals surface area contributed by atoms with Crippen molar-refractivity contribution in [2.45, 2.75) is 38.8 Å². The monoisotopic (exact) mass is 623 g/mol. The molecule has 3 aromatic rings. The van der Waals surface area contributed by atoms with Gasteiger partial charge < -0.3 is 10.2 Å². The van der Waals surface area contributed by atoms with Crippen LogP contribution < -0.4 is 9.62 Å². The van der Waals surface area contributed by atoms with Crippen molar-refractivity contribution < 1.29 is 18.0 Å². The normalized spacial score (nSPS) is 12.0. The maximum atomic E-state index is 13.8. The summed E-state index contributed by atoms with van der Waals surface area (Å²) in [5.41, 5.74) is 1.82. The fourth-order valence-electron chi connectivity index (χ4n) is 4.33. The third-order valence-electron chi connectivity index (χ3n) is 6.26. The van der Waals surface area contributed by atoms with Gasteiger partial charge >= 0.3 is 0 Å². The Bertz CT molecular complexity index is 1400. The third-order valence-corrected chi connectivity index (χ3v) is 8.40. The number of sulfonamides is 1. The molecule has 0 unspecified atom stereocenters. The Morgan fingerprint density at radius 1 is 0.925 bits per heavy atom. The van der Waals surface area contributed by atoms with Crippen molar-refractivity contribution in [1.82, 2.24) is 10.2 Å². The van der Waals surface area contributed by atoms with E-state index >= 15 is 0 Å². The highest BCUT2D eigenvalue weighted by Gasteiger charge is 2.31. The molecule has 2 amide bonds. The minimum absolute atomic E-state index is 0.00998. The van der Waals surface area contributed by atoms with Crippen LogP contribution in [0.4, 0.5) is 5.69 Å². The van der Waals surface area contributed by atoms with E-state index in [1.165, 1.54) is 9.21 Å². The molecule has 214 valence electrons. The highest BCUT2D eigenvalue weighted by Crippen LogP contribution is 2.28. The zero-order valence-corrected chi connectivity index (χ0v) is 25.4. The number of nitrogens with zero attached hydrogens (tertiary/aromatic N) is 2. The molecule has 0 spiro atoms. The van der Waals surface area contributed by atoms with Crippen molar-refractivity contribution in [1.29, 1.82) is 0 Å². The van der Waals surface area contributed by atoms with Gasteiger partial charge in [0.25, 0.3) is 0 Å². The number of halogens is 3. The average Bonchev–Trinajstić information content (AvgIpc) is 2.90. The summed E-state index contributed by atoms with van der Waals surface area (Å²) in [4.78, 5) is 28.6. The summed E-state index contributed by atoms with van der Waals surface area (Å²) < 4.78 is 26.3. The first-order valence-corrected chi connectivity index (χ1v) is 15.8. The number of likely N-dealkylation sites (N-methyl/N-ethyl adjacent to an activating group) is 1. The highest BCUT2D eigenvalue weighted by molar-refractivity contribution is 7.92. The largest absolute Gasteiger partial charge is 0.355 e. The molecule has 0 aromatic heterocycles. The molecule has 3 rings (SSSR count). The summed E-state index contributed by atoms with van der Waals surface area (Å²) in [6.45, 7) is 2.26. The van der Waals surface area contributed by atoms with Crippen LogP contribution in [0.2, 0.25) is 15.1 Å². The molecule has 40 heavy (non-hydrogen) atoms. The molecule has 0 radical (unpaired) electrons. The van der Waals surface area contributed by atoms with E-state index in [2.05, 4.69) is 5.32 Å². The second-order valence-electron chi connectivity index (χ2n) is 9.24. The van der Waals surface area contributed by atoms with Crippen molar-refractivity contribution >= 4 is 62.3 Å². The second kappa shape index (κ2) is 14.7. The fourth-order valence-corrected chi connectivity index (χ4v) is 5.99. The van der Waals surface area contributed by atoms with E-state index in [0.29, 0.717) is 32.9 Å². The number of benzene rings is 3. The molecule has 0 fully saturated rings. The maximum Gasteiger partial charge on any atom is 0.243 e. The lowest BCUT2D eigenvalue weighted by atomic mass is 10.0. The predicted octanol–water partition coefficient (Wildman–Crippen LogP) is 5.97. The van der Waals surface area contributed by atoms with E-state index in [4.69, 9.17) is 34.8 Å². The molecule has 3 aromatic carbocycles. The standard InChI is InChI=1S/C29H32Cl3N3O4S/c1-3-33-29(37)27(18-21-10-5-4-6-11-21)34(20-24-25(31)14-8-15-26(24)32)28(36)16-9-17-35(40(2,38)39)23-13-7-12-22(30)19-23/h4-8,10-15,19,27H,3,9,16-18,20H2,1-2H3,(H,33,37)/t27-/m1/s1. The predicted molar refractivity (Wildman–Crippen MR) is 163 cm³/mol. The van der Waals surface area contributed by atoms with Crippen LogP contribution in [0.25, 0.3) is 0 Å². The molecule has 1 N–H and O–H groups in total. The topological polar surface area (TPSA) is 86.8 Å². The van der Waals surface area contributed by atoms with Crippen molar-refractivity contribution in [3.05, 3.63) is 99.0 Å². The molecular formula is C29H32Cl3N3O4S. The summed E-state index contributed by atoms with van der Waals surface area (Å²) >= 11 is 19.0. The van der Waals surface area contributed by atoms with Crippen molar-refractivity contribution in [2.75, 3.05) is 23.7 Å². The lowest BCUT2D eigenvalue weighted by Crippen LogP contribution is -2.50. The second-order valence-corrected chi connectivity index (χ2v) is 12.4. The highest BCUT2D eigenvalue weighted by atomic mass is 35.5. The van der Waals surface area contributed by atoms with Gasteiger partial charge in [-0.05, 0) is 49.2 Å². The van der Waals surface area contributed by atoms with Gasteiger partial charge in [-0.25, -0.2) is 8.42 Å². The summed E-state index contributed by atoms with van der Waals surface area (Å²) in [6.07, 6.45) is 1.57. The first-order valence-electron chi connectivity index (χ1n) is 12.8. The molecule has 0 aliphatic heterocycles. The Kier molecular flexibility index (Phi) is 11.7. The number of rotatable bonds is 13. The lowest BCUT2D eigenvalue weighted by molar-refractivity contribution is -0.141. The lowest BCUT2D eigenvalue weighted by Gasteiger charge is -2.32. The van der Waals surface area contributed by atoms with E-state index in [1.807, 2.05) is 37.3 Å². The fraction of sp³-hybridized carbons (Fsp3) is 0.310. The summed E-state index contributed by atoms with van der Waals surface area (Å²) in [5.74, 6) is -0.637. The zero-order chi connectivity index (χ0) is 29.3. The molecule has 7 nitrogen and oxygen atoms in total. The maximum absolute atomic E-state index is 13.8. The Hall–Kier alpha value is -2.78. The first-order chi connectivity index (χ1) is 19.0. The number of carbonyl (C=O) groups is 2. The van der Waals surface area contributed by atoms with Crippen LogP contribution in [-0.4, -0.2) is 50.5 Å². The minimum Gasteiger partial charge on any atom is -0.355 e. The molecule has 11 heteroatoms. The molecule has 0 heterocycles. The van der Waals surface area contributed by atoms with Crippen molar-refractivity contribution in [3.63, 3.8) is 0 Å². The van der Waals surface area contributed by atoms with Crippen LogP contribution in [0.3, 0.4) is 0 Å². The minimum atomic E-state index is -3.64. The van der Waals surface area contributed by atoms with Crippen molar-refractivity contribution in [2.24, 2.45) is 0 Å². The van der Waals surface area contributed by atoms with Gasteiger partial charge in [-0.15, -0.1) is 0 Å². The van der Waals surface area contributed by atoms with E-state index in [0.717, 1.165) is 11.8 Å². The third kappa shape index (κ3) is 8.86. The Morgan fingerprint density at radius 3 is 2.17 bits per heavy atom. The Balaban J connectivity index is 1.91. The van der Waals surface area contributed by atoms with Crippen LogP contribution in [0.5, 0.6) is 0 Å². The van der Waals surface area contributed by atoms with Gasteiger partial charge in [-0.1, -0.05) is 77.3 Å². The number of nitrogens with one attached hydrogen (secondary N) is 1. The van der Waals surface area contributed by atoms with Gasteiger partial charge in [0, 0.05) is 53.1 Å². The van der Waals surface area contributed by atoms with Crippen LogP contribution in [0.15, 0.2) is 72.8 Å². The van der Waals surface area contributed by atoms with E-state index < -0.39 is 16.1 Å². The molecule has 0 saturated carbocycles. The van der Waals surface area contributed by atoms with Crippen LogP contribution >= 0.6 is 34.8 Å².